The highest BCUT2D eigenvalue weighted by Crippen LogP contribution is 2.21. The van der Waals surface area contributed by atoms with E-state index in [-0.39, 0.29) is 18.0 Å². The van der Waals surface area contributed by atoms with Gasteiger partial charge in [0.25, 0.3) is 0 Å². The summed E-state index contributed by atoms with van der Waals surface area (Å²) in [6.45, 7) is 1.95. The maximum atomic E-state index is 12.0. The topological polar surface area (TPSA) is 50.9 Å². The molecular weight excluding hydrogens is 263 g/mol. The molecule has 0 saturated carbocycles. The standard InChI is InChI=1S/C11H14F3N3S/c1-7-3-4-8(9(15)18)10(17-7)16-6-2-5-11(12,13)14/h3-4H,2,5-6H2,1H3,(H2,15,18)(H,16,17). The van der Waals surface area contributed by atoms with E-state index in [1.165, 1.54) is 0 Å². The van der Waals surface area contributed by atoms with Crippen LogP contribution in [-0.4, -0.2) is 22.7 Å². The van der Waals surface area contributed by atoms with E-state index in [4.69, 9.17) is 18.0 Å². The quantitative estimate of drug-likeness (QED) is 0.642. The first-order valence-electron chi connectivity index (χ1n) is 5.37. The van der Waals surface area contributed by atoms with Crippen molar-refractivity contribution in [3.8, 4) is 0 Å². The Morgan fingerprint density at radius 1 is 1.44 bits per heavy atom. The van der Waals surface area contributed by atoms with Crippen LogP contribution in [0.3, 0.4) is 0 Å². The molecule has 0 aliphatic heterocycles. The van der Waals surface area contributed by atoms with E-state index in [0.29, 0.717) is 11.4 Å². The Balaban J connectivity index is 2.61. The van der Waals surface area contributed by atoms with Gasteiger partial charge in [-0.05, 0) is 25.5 Å². The first kappa shape index (κ1) is 14.7. The van der Waals surface area contributed by atoms with Crippen LogP contribution in [0.15, 0.2) is 12.1 Å². The smallest absolute Gasteiger partial charge is 0.389 e. The van der Waals surface area contributed by atoms with Gasteiger partial charge in [-0.1, -0.05) is 12.2 Å². The molecule has 1 aromatic rings. The van der Waals surface area contributed by atoms with E-state index in [0.717, 1.165) is 5.69 Å². The lowest BCUT2D eigenvalue weighted by molar-refractivity contribution is -0.134. The molecule has 0 spiro atoms. The SMILES string of the molecule is Cc1ccc(C(N)=S)c(NCCCC(F)(F)F)n1. The summed E-state index contributed by atoms with van der Waals surface area (Å²) < 4.78 is 35.9. The Hall–Kier alpha value is -1.37. The number of hydrogen-bond acceptors (Lipinski definition) is 3. The van der Waals surface area contributed by atoms with Crippen LogP contribution in [0.5, 0.6) is 0 Å². The molecule has 0 atom stereocenters. The van der Waals surface area contributed by atoms with E-state index < -0.39 is 12.6 Å². The van der Waals surface area contributed by atoms with Gasteiger partial charge in [0.05, 0.1) is 5.56 Å². The Morgan fingerprint density at radius 2 is 2.11 bits per heavy atom. The van der Waals surface area contributed by atoms with Crippen molar-refractivity contribution in [1.82, 2.24) is 4.98 Å². The molecular formula is C11H14F3N3S. The molecule has 0 saturated heterocycles. The minimum atomic E-state index is -4.13. The average Bonchev–Trinajstić information content (AvgIpc) is 2.22. The summed E-state index contributed by atoms with van der Waals surface area (Å²) in [5, 5.41) is 2.83. The van der Waals surface area contributed by atoms with Crippen molar-refractivity contribution in [2.75, 3.05) is 11.9 Å². The first-order valence-corrected chi connectivity index (χ1v) is 5.78. The molecule has 0 fully saturated rings. The number of thiocarbonyl (C=S) groups is 1. The zero-order valence-electron chi connectivity index (χ0n) is 9.84. The van der Waals surface area contributed by atoms with Crippen LogP contribution < -0.4 is 11.1 Å². The molecule has 0 bridgehead atoms. The number of alkyl halides is 3. The van der Waals surface area contributed by atoms with Crippen LogP contribution >= 0.6 is 12.2 Å². The fourth-order valence-corrected chi connectivity index (χ4v) is 1.55. The van der Waals surface area contributed by atoms with Gasteiger partial charge in [-0.25, -0.2) is 4.98 Å². The molecule has 0 radical (unpaired) electrons. The number of aromatic nitrogens is 1. The van der Waals surface area contributed by atoms with E-state index in [2.05, 4.69) is 10.3 Å². The largest absolute Gasteiger partial charge is 0.389 e. The Kier molecular flexibility index (Phi) is 4.89. The Morgan fingerprint density at radius 3 is 2.67 bits per heavy atom. The van der Waals surface area contributed by atoms with Crippen LogP contribution in [0.4, 0.5) is 19.0 Å². The van der Waals surface area contributed by atoms with Gasteiger partial charge < -0.3 is 11.1 Å². The van der Waals surface area contributed by atoms with Crippen LogP contribution in [0.25, 0.3) is 0 Å². The molecule has 7 heteroatoms. The lowest BCUT2D eigenvalue weighted by Crippen LogP contribution is -2.16. The Bertz CT molecular complexity index is 432. The summed E-state index contributed by atoms with van der Waals surface area (Å²) >= 11 is 4.85. The van der Waals surface area contributed by atoms with Crippen molar-refractivity contribution < 1.29 is 13.2 Å². The van der Waals surface area contributed by atoms with Crippen molar-refractivity contribution in [3.05, 3.63) is 23.4 Å². The summed E-state index contributed by atoms with van der Waals surface area (Å²) in [6, 6.07) is 3.45. The van der Waals surface area contributed by atoms with Crippen LogP contribution in [0.2, 0.25) is 0 Å². The summed E-state index contributed by atoms with van der Waals surface area (Å²) in [5.41, 5.74) is 6.80. The number of hydrogen-bond donors (Lipinski definition) is 2. The summed E-state index contributed by atoms with van der Waals surface area (Å²) in [5.74, 6) is 0.435. The van der Waals surface area contributed by atoms with E-state index in [1.54, 1.807) is 19.1 Å². The van der Waals surface area contributed by atoms with Crippen LogP contribution in [0, 0.1) is 6.92 Å². The number of rotatable bonds is 5. The van der Waals surface area contributed by atoms with Crippen molar-refractivity contribution in [1.29, 1.82) is 0 Å². The second-order valence-corrected chi connectivity index (χ2v) is 4.30. The molecule has 1 heterocycles. The zero-order chi connectivity index (χ0) is 13.8. The van der Waals surface area contributed by atoms with E-state index in [9.17, 15) is 13.2 Å². The third-order valence-electron chi connectivity index (χ3n) is 2.23. The van der Waals surface area contributed by atoms with E-state index >= 15 is 0 Å². The minimum absolute atomic E-state index is 0.0180. The molecule has 0 amide bonds. The highest BCUT2D eigenvalue weighted by molar-refractivity contribution is 7.80. The van der Waals surface area contributed by atoms with E-state index in [1.807, 2.05) is 0 Å². The summed E-state index contributed by atoms with van der Waals surface area (Å²) in [6.07, 6.45) is -4.97. The molecule has 0 aromatic carbocycles. The minimum Gasteiger partial charge on any atom is -0.389 e. The van der Waals surface area contributed by atoms with Crippen molar-refractivity contribution in [3.63, 3.8) is 0 Å². The number of nitrogens with one attached hydrogen (secondary N) is 1. The Labute approximate surface area is 109 Å². The normalized spacial score (nSPS) is 11.3. The molecule has 0 unspecified atom stereocenters. The van der Waals surface area contributed by atoms with Crippen LogP contribution in [0.1, 0.15) is 24.1 Å². The van der Waals surface area contributed by atoms with Gasteiger partial charge in [-0.3, -0.25) is 0 Å². The number of nitrogens with zero attached hydrogens (tertiary/aromatic N) is 1. The number of nitrogens with two attached hydrogens (primary N) is 1. The van der Waals surface area contributed by atoms with Crippen molar-refractivity contribution in [2.45, 2.75) is 25.9 Å². The fraction of sp³-hybridized carbons (Fsp3) is 0.455. The molecule has 3 N–H and O–H groups in total. The second kappa shape index (κ2) is 5.99. The summed E-state index contributed by atoms with van der Waals surface area (Å²) in [7, 11) is 0. The third kappa shape index (κ3) is 4.87. The van der Waals surface area contributed by atoms with Crippen molar-refractivity contribution >= 4 is 23.0 Å². The predicted molar refractivity (Wildman–Crippen MR) is 68.6 cm³/mol. The lowest BCUT2D eigenvalue weighted by Gasteiger charge is -2.11. The van der Waals surface area contributed by atoms with Gasteiger partial charge in [-0.2, -0.15) is 13.2 Å². The highest BCUT2D eigenvalue weighted by Gasteiger charge is 2.25. The summed E-state index contributed by atoms with van der Waals surface area (Å²) in [4.78, 5) is 4.34. The predicted octanol–water partition coefficient (Wildman–Crippen LogP) is 2.78. The van der Waals surface area contributed by atoms with Gasteiger partial charge in [0.15, 0.2) is 0 Å². The van der Waals surface area contributed by atoms with Gasteiger partial charge in [0.1, 0.15) is 10.8 Å². The van der Waals surface area contributed by atoms with Gasteiger partial charge >= 0.3 is 6.18 Å². The number of anilines is 1. The third-order valence-corrected chi connectivity index (χ3v) is 2.45. The zero-order valence-corrected chi connectivity index (χ0v) is 10.7. The molecule has 100 valence electrons. The van der Waals surface area contributed by atoms with Crippen molar-refractivity contribution in [2.24, 2.45) is 5.73 Å². The molecule has 18 heavy (non-hydrogen) atoms. The number of halogens is 3. The maximum Gasteiger partial charge on any atom is 0.389 e. The lowest BCUT2D eigenvalue weighted by atomic mass is 10.2. The van der Waals surface area contributed by atoms with Gasteiger partial charge in [0, 0.05) is 18.7 Å². The molecule has 3 nitrogen and oxygen atoms in total. The highest BCUT2D eigenvalue weighted by atomic mass is 32.1. The maximum absolute atomic E-state index is 12.0. The molecule has 0 aliphatic rings. The average molecular weight is 277 g/mol. The first-order chi connectivity index (χ1) is 8.29. The number of pyridine rings is 1. The molecule has 0 aliphatic carbocycles. The molecule has 1 aromatic heterocycles. The van der Waals surface area contributed by atoms with Crippen LogP contribution in [-0.2, 0) is 0 Å². The molecule has 1 rings (SSSR count). The van der Waals surface area contributed by atoms with Gasteiger partial charge in [-0.15, -0.1) is 0 Å². The number of aryl methyl sites for hydroxylation is 1. The van der Waals surface area contributed by atoms with Gasteiger partial charge in [0.2, 0.25) is 0 Å². The second-order valence-electron chi connectivity index (χ2n) is 3.86. The monoisotopic (exact) mass is 277 g/mol. The fourth-order valence-electron chi connectivity index (χ4n) is 1.39.